The SMILES string of the molecule is Cl.NCC1CCN(C(=O)c2cc(-c3cccs3)[nH]n2)C1. The van der Waals surface area contributed by atoms with E-state index in [4.69, 9.17) is 5.73 Å². The number of rotatable bonds is 3. The molecule has 7 heteroatoms. The molecule has 0 radical (unpaired) electrons. The number of nitrogens with two attached hydrogens (primary N) is 1. The quantitative estimate of drug-likeness (QED) is 0.910. The number of aromatic nitrogens is 2. The molecular formula is C13H17ClN4OS. The van der Waals surface area contributed by atoms with Crippen LogP contribution in [0.15, 0.2) is 23.6 Å². The molecule has 0 saturated carbocycles. The number of thiophene rings is 1. The first-order chi connectivity index (χ1) is 9.28. The molecule has 3 rings (SSSR count). The molecule has 108 valence electrons. The lowest BCUT2D eigenvalue weighted by molar-refractivity contribution is 0.0782. The van der Waals surface area contributed by atoms with E-state index in [-0.39, 0.29) is 18.3 Å². The van der Waals surface area contributed by atoms with E-state index in [1.165, 1.54) is 0 Å². The highest BCUT2D eigenvalue weighted by Crippen LogP contribution is 2.24. The van der Waals surface area contributed by atoms with Crippen LogP contribution in [0, 0.1) is 5.92 Å². The van der Waals surface area contributed by atoms with E-state index in [2.05, 4.69) is 10.2 Å². The van der Waals surface area contributed by atoms with Crippen molar-refractivity contribution in [2.24, 2.45) is 11.7 Å². The van der Waals surface area contributed by atoms with Gasteiger partial charge in [0.05, 0.1) is 10.6 Å². The Kier molecular flexibility index (Phi) is 4.80. The van der Waals surface area contributed by atoms with Gasteiger partial charge in [-0.25, -0.2) is 0 Å². The number of H-pyrrole nitrogens is 1. The summed E-state index contributed by atoms with van der Waals surface area (Å²) in [5.41, 5.74) is 7.03. The molecule has 1 fully saturated rings. The normalized spacial score (nSPS) is 18.1. The Morgan fingerprint density at radius 1 is 1.60 bits per heavy atom. The number of nitrogens with one attached hydrogen (secondary N) is 1. The summed E-state index contributed by atoms with van der Waals surface area (Å²) in [6.07, 6.45) is 0.991. The predicted octanol–water partition coefficient (Wildman–Crippen LogP) is 1.98. The lowest BCUT2D eigenvalue weighted by Crippen LogP contribution is -2.30. The molecule has 0 aromatic carbocycles. The van der Waals surface area contributed by atoms with Gasteiger partial charge in [0.1, 0.15) is 0 Å². The fourth-order valence-corrected chi connectivity index (χ4v) is 3.05. The van der Waals surface area contributed by atoms with Gasteiger partial charge in [0.2, 0.25) is 0 Å². The molecule has 1 amide bonds. The van der Waals surface area contributed by atoms with E-state index in [0.717, 1.165) is 30.1 Å². The highest BCUT2D eigenvalue weighted by Gasteiger charge is 2.27. The van der Waals surface area contributed by atoms with Crippen molar-refractivity contribution in [2.45, 2.75) is 6.42 Å². The molecule has 1 atom stereocenters. The molecule has 2 aromatic heterocycles. The van der Waals surface area contributed by atoms with Gasteiger partial charge in [-0.1, -0.05) is 6.07 Å². The smallest absolute Gasteiger partial charge is 0.274 e. The van der Waals surface area contributed by atoms with Gasteiger partial charge >= 0.3 is 0 Å². The monoisotopic (exact) mass is 312 g/mol. The molecule has 2 aromatic rings. The van der Waals surface area contributed by atoms with Gasteiger partial charge in [-0.15, -0.1) is 23.7 Å². The lowest BCUT2D eigenvalue weighted by Gasteiger charge is -2.14. The van der Waals surface area contributed by atoms with Crippen LogP contribution < -0.4 is 5.73 Å². The molecule has 1 saturated heterocycles. The molecule has 3 N–H and O–H groups in total. The van der Waals surface area contributed by atoms with Gasteiger partial charge in [-0.3, -0.25) is 9.89 Å². The van der Waals surface area contributed by atoms with Gasteiger partial charge in [0, 0.05) is 13.1 Å². The van der Waals surface area contributed by atoms with Crippen LogP contribution in [0.3, 0.4) is 0 Å². The molecule has 3 heterocycles. The van der Waals surface area contributed by atoms with Crippen LogP contribution in [0.2, 0.25) is 0 Å². The first kappa shape index (κ1) is 15.0. The topological polar surface area (TPSA) is 75.0 Å². The van der Waals surface area contributed by atoms with E-state index >= 15 is 0 Å². The van der Waals surface area contributed by atoms with Crippen molar-refractivity contribution in [3.8, 4) is 10.6 Å². The van der Waals surface area contributed by atoms with Gasteiger partial charge in [-0.2, -0.15) is 5.10 Å². The van der Waals surface area contributed by atoms with Crippen LogP contribution in [0.25, 0.3) is 10.6 Å². The van der Waals surface area contributed by atoms with E-state index in [1.54, 1.807) is 11.3 Å². The van der Waals surface area contributed by atoms with Gasteiger partial charge < -0.3 is 10.6 Å². The summed E-state index contributed by atoms with van der Waals surface area (Å²) >= 11 is 1.62. The Labute approximate surface area is 127 Å². The highest BCUT2D eigenvalue weighted by molar-refractivity contribution is 7.13. The van der Waals surface area contributed by atoms with Crippen LogP contribution in [-0.4, -0.2) is 40.6 Å². The van der Waals surface area contributed by atoms with Crippen molar-refractivity contribution >= 4 is 29.7 Å². The molecule has 20 heavy (non-hydrogen) atoms. The molecule has 1 unspecified atom stereocenters. The van der Waals surface area contributed by atoms with Crippen LogP contribution in [0.1, 0.15) is 16.9 Å². The highest BCUT2D eigenvalue weighted by atomic mass is 35.5. The zero-order valence-electron chi connectivity index (χ0n) is 10.9. The summed E-state index contributed by atoms with van der Waals surface area (Å²) in [6, 6.07) is 5.81. The van der Waals surface area contributed by atoms with Gasteiger partial charge in [-0.05, 0) is 36.4 Å². The molecule has 1 aliphatic heterocycles. The average molecular weight is 313 g/mol. The molecule has 5 nitrogen and oxygen atoms in total. The van der Waals surface area contributed by atoms with E-state index in [0.29, 0.717) is 18.2 Å². The Hall–Kier alpha value is -1.37. The number of carbonyl (C=O) groups excluding carboxylic acids is 1. The standard InChI is InChI=1S/C13H16N4OS.ClH/c14-7-9-3-4-17(8-9)13(18)11-6-10(15-16-11)12-2-1-5-19-12;/h1-2,5-6,9H,3-4,7-8,14H2,(H,15,16);1H. The Morgan fingerprint density at radius 3 is 3.10 bits per heavy atom. The maximum atomic E-state index is 12.3. The first-order valence-electron chi connectivity index (χ1n) is 6.36. The largest absolute Gasteiger partial charge is 0.337 e. The van der Waals surface area contributed by atoms with Gasteiger partial charge in [0.15, 0.2) is 5.69 Å². The number of nitrogens with zero attached hydrogens (tertiary/aromatic N) is 2. The Morgan fingerprint density at radius 2 is 2.45 bits per heavy atom. The number of carbonyl (C=O) groups is 1. The maximum absolute atomic E-state index is 12.3. The Bertz CT molecular complexity index is 569. The zero-order chi connectivity index (χ0) is 13.2. The minimum atomic E-state index is -0.00462. The zero-order valence-corrected chi connectivity index (χ0v) is 12.5. The average Bonchev–Trinajstić information content (AvgIpc) is 3.16. The lowest BCUT2D eigenvalue weighted by atomic mass is 10.1. The Balaban J connectivity index is 0.00000147. The van der Waals surface area contributed by atoms with Crippen molar-refractivity contribution < 1.29 is 4.79 Å². The van der Waals surface area contributed by atoms with Crippen molar-refractivity contribution in [3.05, 3.63) is 29.3 Å². The van der Waals surface area contributed by atoms with E-state index < -0.39 is 0 Å². The number of hydrogen-bond donors (Lipinski definition) is 2. The molecular weight excluding hydrogens is 296 g/mol. The summed E-state index contributed by atoms with van der Waals surface area (Å²) in [6.45, 7) is 2.17. The number of halogens is 1. The van der Waals surface area contributed by atoms with Crippen LogP contribution in [0.5, 0.6) is 0 Å². The molecule has 0 bridgehead atoms. The third-order valence-electron chi connectivity index (χ3n) is 3.49. The summed E-state index contributed by atoms with van der Waals surface area (Å²) in [4.78, 5) is 15.2. The molecule has 0 spiro atoms. The van der Waals surface area contributed by atoms with Crippen molar-refractivity contribution in [1.82, 2.24) is 15.1 Å². The molecule has 0 aliphatic carbocycles. The summed E-state index contributed by atoms with van der Waals surface area (Å²) < 4.78 is 0. The summed E-state index contributed by atoms with van der Waals surface area (Å²) in [5, 5.41) is 9.06. The number of likely N-dealkylation sites (tertiary alicyclic amines) is 1. The van der Waals surface area contributed by atoms with Crippen molar-refractivity contribution in [3.63, 3.8) is 0 Å². The summed E-state index contributed by atoms with van der Waals surface area (Å²) in [7, 11) is 0. The second-order valence-corrected chi connectivity index (χ2v) is 5.73. The first-order valence-corrected chi connectivity index (χ1v) is 7.24. The van der Waals surface area contributed by atoms with Crippen LogP contribution in [0.4, 0.5) is 0 Å². The summed E-state index contributed by atoms with van der Waals surface area (Å²) in [5.74, 6) is 0.426. The number of amides is 1. The second-order valence-electron chi connectivity index (χ2n) is 4.79. The minimum absolute atomic E-state index is 0. The number of hydrogen-bond acceptors (Lipinski definition) is 4. The number of aromatic amines is 1. The van der Waals surface area contributed by atoms with Gasteiger partial charge in [0.25, 0.3) is 5.91 Å². The predicted molar refractivity (Wildman–Crippen MR) is 82.2 cm³/mol. The third-order valence-corrected chi connectivity index (χ3v) is 4.39. The third kappa shape index (κ3) is 2.87. The minimum Gasteiger partial charge on any atom is -0.337 e. The van der Waals surface area contributed by atoms with E-state index in [9.17, 15) is 4.79 Å². The fourth-order valence-electron chi connectivity index (χ4n) is 2.36. The van der Waals surface area contributed by atoms with Crippen molar-refractivity contribution in [1.29, 1.82) is 0 Å². The van der Waals surface area contributed by atoms with Crippen molar-refractivity contribution in [2.75, 3.05) is 19.6 Å². The maximum Gasteiger partial charge on any atom is 0.274 e. The fraction of sp³-hybridized carbons (Fsp3) is 0.385. The molecule has 1 aliphatic rings. The van der Waals surface area contributed by atoms with Crippen LogP contribution >= 0.6 is 23.7 Å². The van der Waals surface area contributed by atoms with E-state index in [1.807, 2.05) is 28.5 Å². The van der Waals surface area contributed by atoms with Crippen LogP contribution in [-0.2, 0) is 0 Å². The second kappa shape index (κ2) is 6.39.